The van der Waals surface area contributed by atoms with E-state index in [-0.39, 0.29) is 36.5 Å². The SMILES string of the molecule is C/C=C1\[C@H](O[C@@H]2O[C@H](CO)[C@@H](O)[C@H](O)[C@H]2O)OC=C(C(=O)OC)[C@@H]1CC(=O)OCCc1ccc(O)c(O)c1. The summed E-state index contributed by atoms with van der Waals surface area (Å²) >= 11 is 0. The predicted molar refractivity (Wildman–Crippen MR) is 126 cm³/mol. The largest absolute Gasteiger partial charge is 0.504 e. The van der Waals surface area contributed by atoms with Gasteiger partial charge in [-0.1, -0.05) is 12.1 Å². The number of rotatable bonds is 9. The van der Waals surface area contributed by atoms with Crippen LogP contribution in [-0.4, -0.2) is 99.9 Å². The third-order valence-electron chi connectivity index (χ3n) is 6.29. The van der Waals surface area contributed by atoms with Crippen molar-refractivity contribution >= 4 is 11.9 Å². The quantitative estimate of drug-likeness (QED) is 0.131. The van der Waals surface area contributed by atoms with Crippen LogP contribution in [-0.2, 0) is 39.7 Å². The summed E-state index contributed by atoms with van der Waals surface area (Å²) in [5.74, 6) is -2.89. The number of benzene rings is 1. The summed E-state index contributed by atoms with van der Waals surface area (Å²) in [6, 6.07) is 4.23. The van der Waals surface area contributed by atoms with Crippen molar-refractivity contribution in [2.45, 2.75) is 56.8 Å². The molecule has 1 fully saturated rings. The van der Waals surface area contributed by atoms with Crippen LogP contribution in [0, 0.1) is 5.92 Å². The minimum Gasteiger partial charge on any atom is -0.504 e. The first-order chi connectivity index (χ1) is 18.1. The number of methoxy groups -OCH3 is 1. The molecule has 13 heteroatoms. The monoisotopic (exact) mass is 540 g/mol. The fourth-order valence-electron chi connectivity index (χ4n) is 4.16. The van der Waals surface area contributed by atoms with E-state index in [4.69, 9.17) is 23.7 Å². The molecule has 2 heterocycles. The van der Waals surface area contributed by atoms with Crippen molar-refractivity contribution in [3.63, 3.8) is 0 Å². The van der Waals surface area contributed by atoms with Crippen LogP contribution in [0.1, 0.15) is 18.9 Å². The van der Waals surface area contributed by atoms with E-state index < -0.39 is 61.5 Å². The zero-order valence-corrected chi connectivity index (χ0v) is 20.8. The van der Waals surface area contributed by atoms with E-state index in [9.17, 15) is 40.2 Å². The van der Waals surface area contributed by atoms with Gasteiger partial charge in [0.05, 0.1) is 38.6 Å². The molecule has 0 spiro atoms. The first-order valence-electron chi connectivity index (χ1n) is 11.8. The van der Waals surface area contributed by atoms with Crippen LogP contribution in [0.3, 0.4) is 0 Å². The average Bonchev–Trinajstić information content (AvgIpc) is 2.90. The Morgan fingerprint density at radius 3 is 2.45 bits per heavy atom. The Morgan fingerprint density at radius 1 is 1.08 bits per heavy atom. The second-order valence-corrected chi connectivity index (χ2v) is 8.71. The minimum atomic E-state index is -1.69. The summed E-state index contributed by atoms with van der Waals surface area (Å²) in [5.41, 5.74) is 0.927. The molecule has 2 aliphatic rings. The van der Waals surface area contributed by atoms with Gasteiger partial charge in [0, 0.05) is 17.9 Å². The number of phenolic OH excluding ortho intramolecular Hbond substituents is 2. The van der Waals surface area contributed by atoms with Crippen LogP contribution in [0.15, 0.2) is 41.7 Å². The Hall–Kier alpha value is -3.20. The predicted octanol–water partition coefficient (Wildman–Crippen LogP) is -0.634. The van der Waals surface area contributed by atoms with E-state index in [0.717, 1.165) is 13.4 Å². The number of aliphatic hydroxyl groups excluding tert-OH is 4. The van der Waals surface area contributed by atoms with Crippen LogP contribution in [0.4, 0.5) is 0 Å². The summed E-state index contributed by atoms with van der Waals surface area (Å²) < 4.78 is 26.7. The Kier molecular flexibility index (Phi) is 10.1. The lowest BCUT2D eigenvalue weighted by molar-refractivity contribution is -0.327. The number of carbonyl (C=O) groups excluding carboxylic acids is 2. The van der Waals surface area contributed by atoms with Crippen molar-refractivity contribution in [1.82, 2.24) is 0 Å². The van der Waals surface area contributed by atoms with Crippen molar-refractivity contribution in [2.24, 2.45) is 5.92 Å². The zero-order valence-electron chi connectivity index (χ0n) is 20.8. The van der Waals surface area contributed by atoms with Crippen molar-refractivity contribution in [2.75, 3.05) is 20.3 Å². The zero-order chi connectivity index (χ0) is 28.0. The molecule has 0 radical (unpaired) electrons. The van der Waals surface area contributed by atoms with Gasteiger partial charge < -0.3 is 54.3 Å². The summed E-state index contributed by atoms with van der Waals surface area (Å²) in [6.07, 6.45) is -6.39. The molecule has 1 saturated heterocycles. The van der Waals surface area contributed by atoms with Crippen LogP contribution >= 0.6 is 0 Å². The number of phenols is 2. The Bertz CT molecular complexity index is 1050. The van der Waals surface area contributed by atoms with E-state index in [1.165, 1.54) is 12.1 Å². The number of aliphatic hydroxyl groups is 4. The first-order valence-corrected chi connectivity index (χ1v) is 11.8. The highest BCUT2D eigenvalue weighted by atomic mass is 16.8. The number of carbonyl (C=O) groups is 2. The molecule has 38 heavy (non-hydrogen) atoms. The highest BCUT2D eigenvalue weighted by Crippen LogP contribution is 2.36. The molecule has 3 rings (SSSR count). The lowest BCUT2D eigenvalue weighted by Crippen LogP contribution is -2.60. The lowest BCUT2D eigenvalue weighted by atomic mass is 9.86. The molecule has 1 aromatic carbocycles. The second-order valence-electron chi connectivity index (χ2n) is 8.71. The highest BCUT2D eigenvalue weighted by Gasteiger charge is 2.46. The molecule has 0 unspecified atom stereocenters. The van der Waals surface area contributed by atoms with Gasteiger partial charge >= 0.3 is 11.9 Å². The van der Waals surface area contributed by atoms with Gasteiger partial charge in [-0.05, 0) is 24.6 Å². The Balaban J connectivity index is 1.71. The summed E-state index contributed by atoms with van der Waals surface area (Å²) in [7, 11) is 1.16. The molecule has 0 aromatic heterocycles. The van der Waals surface area contributed by atoms with Crippen molar-refractivity contribution in [3.05, 3.63) is 47.2 Å². The molecule has 0 amide bonds. The van der Waals surface area contributed by atoms with Gasteiger partial charge in [0.1, 0.15) is 24.4 Å². The van der Waals surface area contributed by atoms with Crippen molar-refractivity contribution < 1.29 is 63.9 Å². The van der Waals surface area contributed by atoms with Gasteiger partial charge in [-0.15, -0.1) is 0 Å². The highest BCUT2D eigenvalue weighted by molar-refractivity contribution is 5.90. The van der Waals surface area contributed by atoms with Crippen LogP contribution in [0.5, 0.6) is 11.5 Å². The van der Waals surface area contributed by atoms with Gasteiger partial charge in [0.15, 0.2) is 17.8 Å². The maximum atomic E-state index is 12.7. The fraction of sp³-hybridized carbons (Fsp3) is 0.520. The summed E-state index contributed by atoms with van der Waals surface area (Å²) in [4.78, 5) is 25.1. The first kappa shape index (κ1) is 29.4. The summed E-state index contributed by atoms with van der Waals surface area (Å²) in [6.45, 7) is 0.912. The molecule has 13 nitrogen and oxygen atoms in total. The molecule has 0 aliphatic carbocycles. The molecule has 1 aromatic rings. The van der Waals surface area contributed by atoms with Crippen LogP contribution < -0.4 is 0 Å². The average molecular weight is 541 g/mol. The molecular weight excluding hydrogens is 508 g/mol. The molecule has 2 aliphatic heterocycles. The number of allylic oxidation sites excluding steroid dienone is 1. The normalized spacial score (nSPS) is 30.3. The molecular formula is C25H32O13. The van der Waals surface area contributed by atoms with E-state index in [1.54, 1.807) is 19.1 Å². The van der Waals surface area contributed by atoms with Crippen molar-refractivity contribution in [1.29, 1.82) is 0 Å². The van der Waals surface area contributed by atoms with Gasteiger partial charge in [0.2, 0.25) is 6.29 Å². The topological polar surface area (TPSA) is 202 Å². The molecule has 7 atom stereocenters. The van der Waals surface area contributed by atoms with E-state index >= 15 is 0 Å². The summed E-state index contributed by atoms with van der Waals surface area (Å²) in [5, 5.41) is 58.8. The lowest BCUT2D eigenvalue weighted by Gasteiger charge is -2.41. The Labute approximate surface area is 218 Å². The van der Waals surface area contributed by atoms with E-state index in [0.29, 0.717) is 11.1 Å². The van der Waals surface area contributed by atoms with Crippen molar-refractivity contribution in [3.8, 4) is 11.5 Å². The third-order valence-corrected chi connectivity index (χ3v) is 6.29. The number of hydrogen-bond donors (Lipinski definition) is 6. The maximum Gasteiger partial charge on any atom is 0.337 e. The van der Waals surface area contributed by atoms with Gasteiger partial charge in [-0.2, -0.15) is 0 Å². The smallest absolute Gasteiger partial charge is 0.337 e. The minimum absolute atomic E-state index is 0.00894. The van der Waals surface area contributed by atoms with Gasteiger partial charge in [-0.3, -0.25) is 4.79 Å². The number of hydrogen-bond acceptors (Lipinski definition) is 13. The molecule has 6 N–H and O–H groups in total. The standard InChI is InChI=1S/C25H32O13/c1-3-13-14(9-19(29)35-7-6-12-4-5-16(27)17(28)8-12)15(23(33)34-2)11-36-24(13)38-25-22(32)21(31)20(30)18(10-26)37-25/h3-5,8,11,14,18,20-22,24-28,30-32H,6-7,9-10H2,1-2H3/b13-3-/t14-,18-,20-,21+,22-,24+,25+/m1/s1. The van der Waals surface area contributed by atoms with Crippen LogP contribution in [0.25, 0.3) is 0 Å². The van der Waals surface area contributed by atoms with Crippen LogP contribution in [0.2, 0.25) is 0 Å². The molecule has 0 saturated carbocycles. The molecule has 0 bridgehead atoms. The molecule has 210 valence electrons. The van der Waals surface area contributed by atoms with Gasteiger partial charge in [0.25, 0.3) is 0 Å². The number of aromatic hydroxyl groups is 2. The third kappa shape index (κ3) is 6.62. The maximum absolute atomic E-state index is 12.7. The van der Waals surface area contributed by atoms with Gasteiger partial charge in [-0.25, -0.2) is 4.79 Å². The number of ether oxygens (including phenoxy) is 5. The number of esters is 2. The second kappa shape index (κ2) is 13.0. The van der Waals surface area contributed by atoms with E-state index in [2.05, 4.69) is 0 Å². The van der Waals surface area contributed by atoms with E-state index in [1.807, 2.05) is 0 Å². The Morgan fingerprint density at radius 2 is 1.82 bits per heavy atom. The fourth-order valence-corrected chi connectivity index (χ4v) is 4.16.